The predicted molar refractivity (Wildman–Crippen MR) is 121 cm³/mol. The first kappa shape index (κ1) is 21.5. The van der Waals surface area contributed by atoms with E-state index in [0.29, 0.717) is 36.9 Å². The number of hydrogen-bond donors (Lipinski definition) is 0. The first-order valence-corrected chi connectivity index (χ1v) is 10.4. The van der Waals surface area contributed by atoms with Crippen molar-refractivity contribution in [2.75, 3.05) is 31.1 Å². The summed E-state index contributed by atoms with van der Waals surface area (Å²) >= 11 is 5.95. The number of piperazine rings is 1. The third-order valence-corrected chi connectivity index (χ3v) is 5.63. The molecule has 0 atom stereocenters. The number of benzene rings is 2. The summed E-state index contributed by atoms with van der Waals surface area (Å²) in [7, 11) is 0. The molecule has 4 rings (SSSR count). The van der Waals surface area contributed by atoms with Crippen molar-refractivity contribution in [1.82, 2.24) is 14.7 Å². The molecule has 0 unspecified atom stereocenters. The highest BCUT2D eigenvalue weighted by atomic mass is 35.5. The molecule has 1 saturated heterocycles. The first-order valence-electron chi connectivity index (χ1n) is 9.99. The van der Waals surface area contributed by atoms with Crippen LogP contribution >= 0.6 is 11.6 Å². The quantitative estimate of drug-likeness (QED) is 0.444. The Kier molecular flexibility index (Phi) is 5.91. The third-order valence-electron chi connectivity index (χ3n) is 5.38. The maximum atomic E-state index is 13.1. The number of anilines is 1. The molecule has 0 radical (unpaired) electrons. The lowest BCUT2D eigenvalue weighted by Gasteiger charge is -2.36. The van der Waals surface area contributed by atoms with Crippen molar-refractivity contribution < 1.29 is 9.72 Å². The Hall–Kier alpha value is -3.72. The highest BCUT2D eigenvalue weighted by molar-refractivity contribution is 6.30. The minimum atomic E-state index is -0.522. The fourth-order valence-electron chi connectivity index (χ4n) is 3.71. The average Bonchev–Trinajstić information content (AvgIpc) is 2.79. The number of aromatic nitrogens is 2. The molecule has 2 aromatic carbocycles. The van der Waals surface area contributed by atoms with Crippen molar-refractivity contribution in [2.24, 2.45) is 0 Å². The van der Waals surface area contributed by atoms with Gasteiger partial charge in [-0.1, -0.05) is 23.7 Å². The number of rotatable bonds is 4. The van der Waals surface area contributed by atoms with Crippen molar-refractivity contribution in [1.29, 1.82) is 0 Å². The summed E-state index contributed by atoms with van der Waals surface area (Å²) in [6, 6.07) is 14.8. The monoisotopic (exact) mass is 453 g/mol. The summed E-state index contributed by atoms with van der Waals surface area (Å²) in [6.45, 7) is 3.64. The molecule has 10 heteroatoms. The smallest absolute Gasteiger partial charge is 0.294 e. The van der Waals surface area contributed by atoms with Gasteiger partial charge >= 0.3 is 0 Å². The molecular formula is C22H20ClN5O4. The van der Waals surface area contributed by atoms with E-state index in [-0.39, 0.29) is 17.1 Å². The van der Waals surface area contributed by atoms with Gasteiger partial charge in [0.05, 0.1) is 4.92 Å². The predicted octanol–water partition coefficient (Wildman–Crippen LogP) is 3.06. The topological polar surface area (TPSA) is 102 Å². The summed E-state index contributed by atoms with van der Waals surface area (Å²) < 4.78 is 1.27. The van der Waals surface area contributed by atoms with Crippen LogP contribution in [0.25, 0.3) is 5.69 Å². The number of nitro groups is 1. The fraction of sp³-hybridized carbons (Fsp3) is 0.227. The van der Waals surface area contributed by atoms with Crippen molar-refractivity contribution in [2.45, 2.75) is 6.92 Å². The fourth-order valence-corrected chi connectivity index (χ4v) is 3.83. The maximum Gasteiger partial charge on any atom is 0.294 e. The zero-order valence-corrected chi connectivity index (χ0v) is 18.0. The standard InChI is InChI=1S/C22H20ClN5O4/c1-15-14-20(29)21(24-27(15)18-4-2-3-5-19(18)28(31)32)22(30)26-12-10-25(11-13-26)17-8-6-16(23)7-9-17/h2-9,14H,10-13H2,1H3. The van der Waals surface area contributed by atoms with Gasteiger partial charge in [0.2, 0.25) is 5.43 Å². The number of hydrogen-bond acceptors (Lipinski definition) is 6. The molecular weight excluding hydrogens is 434 g/mol. The summed E-state index contributed by atoms with van der Waals surface area (Å²) in [4.78, 5) is 40.3. The Labute approximate surface area is 188 Å². The van der Waals surface area contributed by atoms with Gasteiger partial charge in [0, 0.05) is 54.7 Å². The van der Waals surface area contributed by atoms with E-state index in [2.05, 4.69) is 10.00 Å². The molecule has 32 heavy (non-hydrogen) atoms. The Morgan fingerprint density at radius 1 is 1.06 bits per heavy atom. The highest BCUT2D eigenvalue weighted by Gasteiger charge is 2.27. The Morgan fingerprint density at radius 3 is 2.38 bits per heavy atom. The molecule has 1 fully saturated rings. The average molecular weight is 454 g/mol. The lowest BCUT2D eigenvalue weighted by molar-refractivity contribution is -0.384. The second-order valence-electron chi connectivity index (χ2n) is 7.41. The van der Waals surface area contributed by atoms with E-state index in [1.165, 1.54) is 22.9 Å². The van der Waals surface area contributed by atoms with Crippen LogP contribution in [0.15, 0.2) is 59.4 Å². The van der Waals surface area contributed by atoms with Crippen LogP contribution in [0.1, 0.15) is 16.2 Å². The zero-order valence-electron chi connectivity index (χ0n) is 17.3. The third kappa shape index (κ3) is 4.19. The summed E-state index contributed by atoms with van der Waals surface area (Å²) in [5, 5.41) is 16.3. The van der Waals surface area contributed by atoms with E-state index >= 15 is 0 Å². The molecule has 1 aromatic heterocycles. The molecule has 1 aliphatic rings. The first-order chi connectivity index (χ1) is 15.3. The van der Waals surface area contributed by atoms with Crippen LogP contribution in [0.5, 0.6) is 0 Å². The van der Waals surface area contributed by atoms with E-state index < -0.39 is 16.3 Å². The van der Waals surface area contributed by atoms with Gasteiger partial charge in [-0.15, -0.1) is 0 Å². The Bertz CT molecular complexity index is 1230. The van der Waals surface area contributed by atoms with E-state index in [9.17, 15) is 19.7 Å². The minimum absolute atomic E-state index is 0.165. The number of nitrogens with zero attached hydrogens (tertiary/aromatic N) is 5. The molecule has 1 amide bonds. The van der Waals surface area contributed by atoms with Crippen LogP contribution in [-0.2, 0) is 0 Å². The van der Waals surface area contributed by atoms with Crippen molar-refractivity contribution in [3.63, 3.8) is 0 Å². The van der Waals surface area contributed by atoms with Gasteiger partial charge in [-0.2, -0.15) is 5.10 Å². The van der Waals surface area contributed by atoms with Gasteiger partial charge in [-0.3, -0.25) is 19.7 Å². The molecule has 1 aliphatic heterocycles. The molecule has 0 bridgehead atoms. The lowest BCUT2D eigenvalue weighted by atomic mass is 10.2. The van der Waals surface area contributed by atoms with Crippen LogP contribution in [0.3, 0.4) is 0 Å². The number of nitro benzene ring substituents is 1. The van der Waals surface area contributed by atoms with Crippen LogP contribution in [-0.4, -0.2) is 51.7 Å². The SMILES string of the molecule is Cc1cc(=O)c(C(=O)N2CCN(c3ccc(Cl)cc3)CC2)nn1-c1ccccc1[N+](=O)[O-]. The number of para-hydroxylation sites is 2. The summed E-state index contributed by atoms with van der Waals surface area (Å²) in [5.41, 5.74) is 0.664. The summed E-state index contributed by atoms with van der Waals surface area (Å²) in [6.07, 6.45) is 0. The number of halogens is 1. The second-order valence-corrected chi connectivity index (χ2v) is 7.85. The normalized spacial score (nSPS) is 13.8. The van der Waals surface area contributed by atoms with Crippen molar-refractivity contribution in [3.05, 3.63) is 91.3 Å². The minimum Gasteiger partial charge on any atom is -0.368 e. The van der Waals surface area contributed by atoms with Crippen molar-refractivity contribution in [3.8, 4) is 5.69 Å². The van der Waals surface area contributed by atoms with E-state index in [1.807, 2.05) is 24.3 Å². The second kappa shape index (κ2) is 8.80. The molecule has 2 heterocycles. The Morgan fingerprint density at radius 2 is 1.72 bits per heavy atom. The molecule has 0 saturated carbocycles. The van der Waals surface area contributed by atoms with E-state index in [0.717, 1.165) is 5.69 Å². The lowest BCUT2D eigenvalue weighted by Crippen LogP contribution is -2.50. The van der Waals surface area contributed by atoms with Crippen LogP contribution in [0, 0.1) is 17.0 Å². The highest BCUT2D eigenvalue weighted by Crippen LogP contribution is 2.23. The van der Waals surface area contributed by atoms with Crippen molar-refractivity contribution >= 4 is 28.9 Å². The van der Waals surface area contributed by atoms with Crippen LogP contribution in [0.2, 0.25) is 5.02 Å². The van der Waals surface area contributed by atoms with E-state index in [4.69, 9.17) is 11.6 Å². The largest absolute Gasteiger partial charge is 0.368 e. The van der Waals surface area contributed by atoms with Gasteiger partial charge < -0.3 is 9.80 Å². The molecule has 0 N–H and O–H groups in total. The number of carbonyl (C=O) groups is 1. The number of carbonyl (C=O) groups excluding carboxylic acids is 1. The van der Waals surface area contributed by atoms with Gasteiger partial charge in [0.15, 0.2) is 5.69 Å². The molecule has 164 valence electrons. The number of aryl methyl sites for hydroxylation is 1. The van der Waals surface area contributed by atoms with Gasteiger partial charge in [-0.25, -0.2) is 4.68 Å². The molecule has 9 nitrogen and oxygen atoms in total. The maximum absolute atomic E-state index is 13.1. The van der Waals surface area contributed by atoms with Gasteiger partial charge in [-0.05, 0) is 37.3 Å². The summed E-state index contributed by atoms with van der Waals surface area (Å²) in [5.74, 6) is -0.488. The van der Waals surface area contributed by atoms with Gasteiger partial charge in [0.1, 0.15) is 5.69 Å². The molecule has 3 aromatic rings. The zero-order chi connectivity index (χ0) is 22.8. The van der Waals surface area contributed by atoms with E-state index in [1.54, 1.807) is 24.0 Å². The Balaban J connectivity index is 1.59. The molecule has 0 aliphatic carbocycles. The molecule has 0 spiro atoms. The van der Waals surface area contributed by atoms with Gasteiger partial charge in [0.25, 0.3) is 11.6 Å². The number of amides is 1. The van der Waals surface area contributed by atoms with Crippen LogP contribution < -0.4 is 10.3 Å². The van der Waals surface area contributed by atoms with Crippen LogP contribution in [0.4, 0.5) is 11.4 Å².